The van der Waals surface area contributed by atoms with Crippen molar-refractivity contribution in [2.45, 2.75) is 117 Å². The number of hydrogen-bond acceptors (Lipinski definition) is 4. The smallest absolute Gasteiger partial charge is 0.253 e. The van der Waals surface area contributed by atoms with Crippen molar-refractivity contribution >= 4 is 34.8 Å². The van der Waals surface area contributed by atoms with Gasteiger partial charge in [0, 0.05) is 0 Å². The van der Waals surface area contributed by atoms with Crippen LogP contribution in [0.3, 0.4) is 0 Å². The monoisotopic (exact) mass is 434 g/mol. The number of thiocarbonyl (C=S) groups is 2. The minimum absolute atomic E-state index is 0.174. The predicted molar refractivity (Wildman–Crippen MR) is 131 cm³/mol. The standard InChI is InChI=1S/2C11H23NOS/c2*1-2-3-4-5-6-7-8-9-10-13-11(12)14/h2*2-10H2,1H3,(H2,12,14). The Morgan fingerprint density at radius 3 is 1.00 bits per heavy atom. The Balaban J connectivity index is 0. The summed E-state index contributed by atoms with van der Waals surface area (Å²) in [5.74, 6) is 0. The van der Waals surface area contributed by atoms with Gasteiger partial charge in [-0.25, -0.2) is 0 Å². The second-order valence-corrected chi connectivity index (χ2v) is 8.09. The molecule has 6 heteroatoms. The summed E-state index contributed by atoms with van der Waals surface area (Å²) in [6.07, 6.45) is 20.9. The van der Waals surface area contributed by atoms with Crippen LogP contribution in [0.5, 0.6) is 0 Å². The maximum absolute atomic E-state index is 5.20. The Hall–Kier alpha value is -0.620. The second kappa shape index (κ2) is 26.4. The summed E-state index contributed by atoms with van der Waals surface area (Å²) in [6.45, 7) is 5.86. The van der Waals surface area contributed by atoms with E-state index in [2.05, 4.69) is 38.3 Å². The summed E-state index contributed by atoms with van der Waals surface area (Å²) >= 11 is 9.20. The Morgan fingerprint density at radius 1 is 0.500 bits per heavy atom. The summed E-state index contributed by atoms with van der Waals surface area (Å²) in [6, 6.07) is 0. The molecule has 0 rings (SSSR count). The van der Waals surface area contributed by atoms with Crippen LogP contribution in [0.4, 0.5) is 0 Å². The van der Waals surface area contributed by atoms with E-state index in [1.54, 1.807) is 0 Å². The molecule has 0 aromatic rings. The highest BCUT2D eigenvalue weighted by atomic mass is 32.1. The van der Waals surface area contributed by atoms with Crippen molar-refractivity contribution in [3.05, 3.63) is 0 Å². The van der Waals surface area contributed by atoms with E-state index in [9.17, 15) is 0 Å². The van der Waals surface area contributed by atoms with E-state index < -0.39 is 0 Å². The first kappa shape index (κ1) is 29.6. The summed E-state index contributed by atoms with van der Waals surface area (Å²) in [5, 5.41) is 0.348. The average Bonchev–Trinajstić information content (AvgIpc) is 2.65. The Labute approximate surface area is 185 Å². The van der Waals surface area contributed by atoms with Crippen LogP contribution in [0.15, 0.2) is 0 Å². The van der Waals surface area contributed by atoms with Gasteiger partial charge in [0.05, 0.1) is 13.2 Å². The van der Waals surface area contributed by atoms with Crippen LogP contribution < -0.4 is 11.5 Å². The van der Waals surface area contributed by atoms with Gasteiger partial charge in [-0.05, 0) is 37.3 Å². The van der Waals surface area contributed by atoms with E-state index >= 15 is 0 Å². The average molecular weight is 435 g/mol. The van der Waals surface area contributed by atoms with Crippen molar-refractivity contribution in [3.63, 3.8) is 0 Å². The van der Waals surface area contributed by atoms with Crippen LogP contribution in [0.1, 0.15) is 117 Å². The number of hydrogen-bond donors (Lipinski definition) is 2. The molecule has 0 amide bonds. The van der Waals surface area contributed by atoms with Crippen molar-refractivity contribution in [1.82, 2.24) is 0 Å². The molecule has 4 N–H and O–H groups in total. The lowest BCUT2D eigenvalue weighted by Crippen LogP contribution is -2.13. The fourth-order valence-corrected chi connectivity index (χ4v) is 2.98. The van der Waals surface area contributed by atoms with Gasteiger partial charge in [0.15, 0.2) is 0 Å². The van der Waals surface area contributed by atoms with Gasteiger partial charge in [0.25, 0.3) is 10.3 Å². The molecule has 0 aliphatic rings. The molecule has 0 saturated carbocycles. The minimum atomic E-state index is 0.174. The van der Waals surface area contributed by atoms with Gasteiger partial charge in [-0.2, -0.15) is 0 Å². The maximum Gasteiger partial charge on any atom is 0.253 e. The molecule has 0 bridgehead atoms. The number of unbranched alkanes of at least 4 members (excludes halogenated alkanes) is 14. The zero-order valence-corrected chi connectivity index (χ0v) is 20.1. The van der Waals surface area contributed by atoms with Crippen molar-refractivity contribution < 1.29 is 9.47 Å². The highest BCUT2D eigenvalue weighted by Gasteiger charge is 1.93. The molecule has 0 unspecified atom stereocenters. The lowest BCUT2D eigenvalue weighted by molar-refractivity contribution is 0.295. The third kappa shape index (κ3) is 33.0. The number of ether oxygens (including phenoxy) is 2. The van der Waals surface area contributed by atoms with Gasteiger partial charge in [-0.3, -0.25) is 0 Å². The zero-order chi connectivity index (χ0) is 21.3. The first-order valence-corrected chi connectivity index (χ1v) is 12.2. The molecule has 0 spiro atoms. The largest absolute Gasteiger partial charge is 0.471 e. The quantitative estimate of drug-likeness (QED) is 0.183. The zero-order valence-electron chi connectivity index (χ0n) is 18.5. The molecule has 4 nitrogen and oxygen atoms in total. The second-order valence-electron chi connectivity index (χ2n) is 7.28. The molecule has 0 aliphatic carbocycles. The van der Waals surface area contributed by atoms with Crippen LogP contribution in [0.2, 0.25) is 0 Å². The molecule has 0 aromatic heterocycles. The topological polar surface area (TPSA) is 70.5 Å². The molecule has 0 heterocycles. The van der Waals surface area contributed by atoms with Gasteiger partial charge in [-0.15, -0.1) is 0 Å². The van der Waals surface area contributed by atoms with Gasteiger partial charge in [-0.1, -0.05) is 104 Å². The summed E-state index contributed by atoms with van der Waals surface area (Å²) in [5.41, 5.74) is 10.4. The van der Waals surface area contributed by atoms with E-state index in [1.165, 1.54) is 89.9 Å². The first-order valence-electron chi connectivity index (χ1n) is 11.4. The molecule has 0 fully saturated rings. The molecular weight excluding hydrogens is 388 g/mol. The maximum atomic E-state index is 5.20. The third-order valence-corrected chi connectivity index (χ3v) is 4.72. The van der Waals surface area contributed by atoms with E-state index in [-0.39, 0.29) is 10.3 Å². The highest BCUT2D eigenvalue weighted by molar-refractivity contribution is 7.80. The first-order chi connectivity index (χ1) is 13.5. The summed E-state index contributed by atoms with van der Waals surface area (Å²) in [4.78, 5) is 0. The molecule has 0 aliphatic heterocycles. The van der Waals surface area contributed by atoms with Gasteiger partial charge in [0.2, 0.25) is 0 Å². The Bertz CT molecular complexity index is 310. The fourth-order valence-electron chi connectivity index (χ4n) is 2.82. The molecule has 0 saturated heterocycles. The molecular formula is C22H46N2O2S2. The highest BCUT2D eigenvalue weighted by Crippen LogP contribution is 2.09. The van der Waals surface area contributed by atoms with Gasteiger partial charge < -0.3 is 20.9 Å². The van der Waals surface area contributed by atoms with Crippen LogP contribution in [-0.4, -0.2) is 23.6 Å². The molecule has 168 valence electrons. The summed E-state index contributed by atoms with van der Waals surface area (Å²) < 4.78 is 9.99. The van der Waals surface area contributed by atoms with E-state index in [1.807, 2.05) is 0 Å². The molecule has 28 heavy (non-hydrogen) atoms. The van der Waals surface area contributed by atoms with E-state index in [4.69, 9.17) is 20.9 Å². The lowest BCUT2D eigenvalue weighted by atomic mass is 10.1. The van der Waals surface area contributed by atoms with Crippen molar-refractivity contribution in [3.8, 4) is 0 Å². The van der Waals surface area contributed by atoms with Crippen molar-refractivity contribution in [2.24, 2.45) is 11.5 Å². The van der Waals surface area contributed by atoms with Crippen LogP contribution in [0, 0.1) is 0 Å². The van der Waals surface area contributed by atoms with Crippen LogP contribution in [-0.2, 0) is 9.47 Å². The van der Waals surface area contributed by atoms with Crippen molar-refractivity contribution in [2.75, 3.05) is 13.2 Å². The molecule has 0 aromatic carbocycles. The van der Waals surface area contributed by atoms with Crippen LogP contribution in [0.25, 0.3) is 0 Å². The molecule has 0 radical (unpaired) electrons. The van der Waals surface area contributed by atoms with E-state index in [0.29, 0.717) is 13.2 Å². The SMILES string of the molecule is CCCCCCCCCCOC(N)=S.CCCCCCCCCCOC(N)=S. The van der Waals surface area contributed by atoms with E-state index in [0.717, 1.165) is 12.8 Å². The Kier molecular flexibility index (Phi) is 27.9. The number of rotatable bonds is 18. The lowest BCUT2D eigenvalue weighted by Gasteiger charge is -2.03. The number of nitrogens with two attached hydrogens (primary N) is 2. The fraction of sp³-hybridized carbons (Fsp3) is 0.909. The van der Waals surface area contributed by atoms with Crippen LogP contribution >= 0.6 is 24.4 Å². The predicted octanol–water partition coefficient (Wildman–Crippen LogP) is 6.77. The van der Waals surface area contributed by atoms with Crippen molar-refractivity contribution in [1.29, 1.82) is 0 Å². The van der Waals surface area contributed by atoms with Gasteiger partial charge >= 0.3 is 0 Å². The molecule has 0 atom stereocenters. The summed E-state index contributed by atoms with van der Waals surface area (Å²) in [7, 11) is 0. The third-order valence-electron chi connectivity index (χ3n) is 4.48. The normalized spacial score (nSPS) is 10.1. The Morgan fingerprint density at radius 2 is 0.750 bits per heavy atom. The minimum Gasteiger partial charge on any atom is -0.471 e. The van der Waals surface area contributed by atoms with Gasteiger partial charge in [0.1, 0.15) is 0 Å².